The highest BCUT2D eigenvalue weighted by atomic mass is 32.2. The van der Waals surface area contributed by atoms with Crippen LogP contribution in [0, 0.1) is 6.92 Å². The first-order valence-electron chi connectivity index (χ1n) is 7.71. The van der Waals surface area contributed by atoms with Gasteiger partial charge < -0.3 is 5.32 Å². The van der Waals surface area contributed by atoms with Crippen LogP contribution in [0.5, 0.6) is 0 Å². The molecule has 0 aliphatic heterocycles. The van der Waals surface area contributed by atoms with Gasteiger partial charge in [0.05, 0.1) is 6.26 Å². The van der Waals surface area contributed by atoms with Gasteiger partial charge in [0.1, 0.15) is 0 Å². The van der Waals surface area contributed by atoms with Crippen LogP contribution in [0.1, 0.15) is 23.1 Å². The number of amides is 1. The van der Waals surface area contributed by atoms with Crippen molar-refractivity contribution in [3.05, 3.63) is 65.2 Å². The van der Waals surface area contributed by atoms with Gasteiger partial charge >= 0.3 is 0 Å². The van der Waals surface area contributed by atoms with Gasteiger partial charge in [-0.2, -0.15) is 0 Å². The number of rotatable bonds is 7. The van der Waals surface area contributed by atoms with Gasteiger partial charge in [-0.05, 0) is 36.6 Å². The summed E-state index contributed by atoms with van der Waals surface area (Å²) in [6.45, 7) is 2.40. The Bertz CT molecular complexity index is 817. The first-order valence-corrected chi connectivity index (χ1v) is 9.60. The van der Waals surface area contributed by atoms with Crippen LogP contribution in [0.15, 0.2) is 48.5 Å². The third kappa shape index (κ3) is 6.42. The van der Waals surface area contributed by atoms with Crippen LogP contribution in [-0.2, 0) is 27.8 Å². The van der Waals surface area contributed by atoms with Crippen molar-refractivity contribution in [3.8, 4) is 0 Å². The van der Waals surface area contributed by atoms with Crippen LogP contribution in [-0.4, -0.2) is 20.6 Å². The second kappa shape index (κ2) is 7.97. The average Bonchev–Trinajstić information content (AvgIpc) is 2.50. The molecule has 128 valence electrons. The summed E-state index contributed by atoms with van der Waals surface area (Å²) in [5, 5.41) is 2.86. The minimum absolute atomic E-state index is 0.0296. The standard InChI is InChI=1S/C18H22N2O3S/c1-14-5-3-6-15(11-14)9-10-18(21)19-13-16-7-4-8-17(12-16)20-24(2,22)23/h3-8,11-12,20H,9-10,13H2,1-2H3,(H,19,21). The molecule has 0 saturated heterocycles. The maximum atomic E-state index is 12.0. The second-order valence-corrected chi connectivity index (χ2v) is 7.59. The van der Waals surface area contributed by atoms with Gasteiger partial charge in [-0.1, -0.05) is 42.0 Å². The number of benzene rings is 2. The molecule has 0 heterocycles. The predicted octanol–water partition coefficient (Wildman–Crippen LogP) is 2.62. The van der Waals surface area contributed by atoms with Gasteiger partial charge in [-0.3, -0.25) is 9.52 Å². The molecule has 2 rings (SSSR count). The number of aryl methyl sites for hydroxylation is 2. The lowest BCUT2D eigenvalue weighted by atomic mass is 10.1. The van der Waals surface area contributed by atoms with E-state index in [-0.39, 0.29) is 5.91 Å². The summed E-state index contributed by atoms with van der Waals surface area (Å²) in [6.07, 6.45) is 2.22. The largest absolute Gasteiger partial charge is 0.352 e. The molecule has 0 aliphatic rings. The monoisotopic (exact) mass is 346 g/mol. The third-order valence-corrected chi connectivity index (χ3v) is 4.05. The molecule has 0 bridgehead atoms. The normalized spacial score (nSPS) is 11.1. The Morgan fingerprint density at radius 3 is 2.46 bits per heavy atom. The van der Waals surface area contributed by atoms with E-state index in [0.29, 0.717) is 25.1 Å². The summed E-state index contributed by atoms with van der Waals surface area (Å²) in [4.78, 5) is 12.0. The Morgan fingerprint density at radius 1 is 1.04 bits per heavy atom. The fourth-order valence-corrected chi connectivity index (χ4v) is 2.93. The van der Waals surface area contributed by atoms with Gasteiger partial charge in [0.15, 0.2) is 0 Å². The van der Waals surface area contributed by atoms with Crippen molar-refractivity contribution in [1.29, 1.82) is 0 Å². The van der Waals surface area contributed by atoms with Crippen LogP contribution in [0.2, 0.25) is 0 Å². The maximum absolute atomic E-state index is 12.0. The molecule has 0 saturated carbocycles. The highest BCUT2D eigenvalue weighted by Crippen LogP contribution is 2.12. The number of hydrogen-bond acceptors (Lipinski definition) is 3. The Morgan fingerprint density at radius 2 is 1.75 bits per heavy atom. The predicted molar refractivity (Wildman–Crippen MR) is 96.3 cm³/mol. The molecule has 5 nitrogen and oxygen atoms in total. The number of anilines is 1. The highest BCUT2D eigenvalue weighted by Gasteiger charge is 2.05. The Labute approximate surface area is 143 Å². The van der Waals surface area contributed by atoms with E-state index >= 15 is 0 Å². The molecule has 2 N–H and O–H groups in total. The average molecular weight is 346 g/mol. The van der Waals surface area contributed by atoms with E-state index in [9.17, 15) is 13.2 Å². The third-order valence-electron chi connectivity index (χ3n) is 3.44. The van der Waals surface area contributed by atoms with Crippen LogP contribution in [0.25, 0.3) is 0 Å². The number of nitrogens with one attached hydrogen (secondary N) is 2. The van der Waals surface area contributed by atoms with Gasteiger partial charge in [-0.15, -0.1) is 0 Å². The van der Waals surface area contributed by atoms with Crippen LogP contribution < -0.4 is 10.0 Å². The molecule has 2 aromatic carbocycles. The van der Waals surface area contributed by atoms with Crippen LogP contribution in [0.4, 0.5) is 5.69 Å². The van der Waals surface area contributed by atoms with Crippen LogP contribution in [0.3, 0.4) is 0 Å². The fraction of sp³-hybridized carbons (Fsp3) is 0.278. The van der Waals surface area contributed by atoms with E-state index in [4.69, 9.17) is 0 Å². The Kier molecular flexibility index (Phi) is 5.98. The molecule has 24 heavy (non-hydrogen) atoms. The van der Waals surface area contributed by atoms with E-state index in [0.717, 1.165) is 17.4 Å². The molecule has 6 heteroatoms. The first kappa shape index (κ1) is 18.0. The van der Waals surface area contributed by atoms with Crippen molar-refractivity contribution in [1.82, 2.24) is 5.32 Å². The zero-order valence-corrected chi connectivity index (χ0v) is 14.7. The molecule has 1 amide bonds. The molecule has 0 spiro atoms. The molecule has 0 radical (unpaired) electrons. The second-order valence-electron chi connectivity index (χ2n) is 5.84. The van der Waals surface area contributed by atoms with E-state index < -0.39 is 10.0 Å². The lowest BCUT2D eigenvalue weighted by molar-refractivity contribution is -0.121. The lowest BCUT2D eigenvalue weighted by Gasteiger charge is -2.08. The van der Waals surface area contributed by atoms with Crippen molar-refractivity contribution in [2.24, 2.45) is 0 Å². The number of carbonyl (C=O) groups is 1. The van der Waals surface area contributed by atoms with E-state index in [2.05, 4.69) is 16.1 Å². The minimum atomic E-state index is -3.31. The highest BCUT2D eigenvalue weighted by molar-refractivity contribution is 7.92. The molecule has 0 aromatic heterocycles. The number of hydrogen-bond donors (Lipinski definition) is 2. The summed E-state index contributed by atoms with van der Waals surface area (Å²) < 4.78 is 24.9. The van der Waals surface area contributed by atoms with Crippen molar-refractivity contribution in [3.63, 3.8) is 0 Å². The molecule has 0 unspecified atom stereocenters. The van der Waals surface area contributed by atoms with Gasteiger partial charge in [0, 0.05) is 18.7 Å². The molecule has 0 aliphatic carbocycles. The number of carbonyl (C=O) groups excluding carboxylic acids is 1. The van der Waals surface area contributed by atoms with E-state index in [1.165, 1.54) is 5.56 Å². The number of sulfonamides is 1. The summed E-state index contributed by atoms with van der Waals surface area (Å²) in [5.74, 6) is -0.0296. The quantitative estimate of drug-likeness (QED) is 0.809. The smallest absolute Gasteiger partial charge is 0.229 e. The van der Waals surface area contributed by atoms with E-state index in [1.807, 2.05) is 31.2 Å². The molecule has 0 atom stereocenters. The fourth-order valence-electron chi connectivity index (χ4n) is 2.37. The summed E-state index contributed by atoms with van der Waals surface area (Å²) in [5.41, 5.74) is 3.66. The van der Waals surface area contributed by atoms with Gasteiger partial charge in [0.25, 0.3) is 0 Å². The maximum Gasteiger partial charge on any atom is 0.229 e. The van der Waals surface area contributed by atoms with Gasteiger partial charge in [-0.25, -0.2) is 8.42 Å². The van der Waals surface area contributed by atoms with Gasteiger partial charge in [0.2, 0.25) is 15.9 Å². The molecule has 0 fully saturated rings. The minimum Gasteiger partial charge on any atom is -0.352 e. The molecule has 2 aromatic rings. The summed E-state index contributed by atoms with van der Waals surface area (Å²) in [6, 6.07) is 15.1. The Hall–Kier alpha value is -2.34. The summed E-state index contributed by atoms with van der Waals surface area (Å²) >= 11 is 0. The molecular formula is C18H22N2O3S. The van der Waals surface area contributed by atoms with Crippen molar-refractivity contribution >= 4 is 21.6 Å². The topological polar surface area (TPSA) is 75.3 Å². The first-order chi connectivity index (χ1) is 11.3. The van der Waals surface area contributed by atoms with Crippen molar-refractivity contribution in [2.75, 3.05) is 11.0 Å². The van der Waals surface area contributed by atoms with Crippen molar-refractivity contribution in [2.45, 2.75) is 26.3 Å². The van der Waals surface area contributed by atoms with Crippen LogP contribution >= 0.6 is 0 Å². The molecular weight excluding hydrogens is 324 g/mol. The zero-order valence-electron chi connectivity index (χ0n) is 13.9. The van der Waals surface area contributed by atoms with E-state index in [1.54, 1.807) is 18.2 Å². The Balaban J connectivity index is 1.84. The SMILES string of the molecule is Cc1cccc(CCC(=O)NCc2cccc(NS(C)(=O)=O)c2)c1. The lowest BCUT2D eigenvalue weighted by Crippen LogP contribution is -2.23. The summed E-state index contributed by atoms with van der Waals surface area (Å²) in [7, 11) is -3.31. The van der Waals surface area contributed by atoms with Crippen molar-refractivity contribution < 1.29 is 13.2 Å². The zero-order chi connectivity index (χ0) is 17.6.